The van der Waals surface area contributed by atoms with Gasteiger partial charge < -0.3 is 5.32 Å². The van der Waals surface area contributed by atoms with E-state index < -0.39 is 0 Å². The van der Waals surface area contributed by atoms with E-state index in [0.717, 1.165) is 32.6 Å². The zero-order valence-corrected chi connectivity index (χ0v) is 12.6. The largest absolute Gasteiger partial charge is 0.364 e. The number of halogens is 1. The predicted molar refractivity (Wildman–Crippen MR) is 83.5 cm³/mol. The maximum atomic E-state index is 4.41. The smallest absolute Gasteiger partial charge is 0.134 e. The third kappa shape index (κ3) is 2.63. The van der Waals surface area contributed by atoms with Crippen molar-refractivity contribution in [1.82, 2.24) is 15.0 Å². The molecule has 0 aliphatic rings. The Morgan fingerprint density at radius 2 is 1.90 bits per heavy atom. The number of aryl methyl sites for hydroxylation is 1. The Morgan fingerprint density at radius 3 is 2.75 bits per heavy atom. The van der Waals surface area contributed by atoms with Crippen molar-refractivity contribution in [2.45, 2.75) is 13.5 Å². The molecule has 0 saturated heterocycles. The minimum atomic E-state index is 0.627. The third-order valence-corrected chi connectivity index (χ3v) is 3.72. The third-order valence-electron chi connectivity index (χ3n) is 3.02. The number of nitrogens with one attached hydrogen (secondary N) is 1. The molecule has 3 aromatic rings. The maximum absolute atomic E-state index is 4.41. The summed E-state index contributed by atoms with van der Waals surface area (Å²) < 4.78 is 1.07. The number of hydrogen-bond donors (Lipinski definition) is 1. The van der Waals surface area contributed by atoms with E-state index in [4.69, 9.17) is 0 Å². The first-order valence-corrected chi connectivity index (χ1v) is 7.09. The van der Waals surface area contributed by atoms with Crippen LogP contribution in [0, 0.1) is 6.92 Å². The van der Waals surface area contributed by atoms with Crippen LogP contribution >= 0.6 is 15.9 Å². The number of fused-ring (bicyclic) bond motifs is 1. The molecule has 0 atom stereocenters. The van der Waals surface area contributed by atoms with E-state index in [0.29, 0.717) is 6.54 Å². The molecule has 0 unspecified atom stereocenters. The van der Waals surface area contributed by atoms with Gasteiger partial charge in [-0.25, -0.2) is 15.0 Å². The van der Waals surface area contributed by atoms with Gasteiger partial charge in [0.2, 0.25) is 0 Å². The van der Waals surface area contributed by atoms with Gasteiger partial charge in [-0.3, -0.25) is 0 Å². The summed E-state index contributed by atoms with van der Waals surface area (Å²) in [6.07, 6.45) is 3.58. The van der Waals surface area contributed by atoms with Gasteiger partial charge in [0.1, 0.15) is 11.6 Å². The molecular weight excluding hydrogens is 316 g/mol. The first-order chi connectivity index (χ1) is 9.74. The number of anilines is 1. The van der Waals surface area contributed by atoms with E-state index >= 15 is 0 Å². The van der Waals surface area contributed by atoms with Gasteiger partial charge in [-0.05, 0) is 25.1 Å². The van der Waals surface area contributed by atoms with E-state index in [9.17, 15) is 0 Å². The highest BCUT2D eigenvalue weighted by Crippen LogP contribution is 2.27. The van der Waals surface area contributed by atoms with Crippen molar-refractivity contribution in [2.75, 3.05) is 5.32 Å². The minimum absolute atomic E-state index is 0.627. The van der Waals surface area contributed by atoms with Crippen LogP contribution in [0.3, 0.4) is 0 Å². The van der Waals surface area contributed by atoms with Gasteiger partial charge in [-0.2, -0.15) is 0 Å². The van der Waals surface area contributed by atoms with Gasteiger partial charge in [0.05, 0.1) is 12.2 Å². The Balaban J connectivity index is 1.90. The SMILES string of the molecule is Cc1nccc(CNc2nccc3c(Br)cccc23)n1. The highest BCUT2D eigenvalue weighted by atomic mass is 79.9. The Morgan fingerprint density at radius 1 is 1.05 bits per heavy atom. The van der Waals surface area contributed by atoms with Gasteiger partial charge in [0.25, 0.3) is 0 Å². The Hall–Kier alpha value is -2.01. The van der Waals surface area contributed by atoms with Crippen LogP contribution in [0.15, 0.2) is 47.2 Å². The van der Waals surface area contributed by atoms with Crippen LogP contribution < -0.4 is 5.32 Å². The van der Waals surface area contributed by atoms with Gasteiger partial charge in [0, 0.05) is 27.6 Å². The number of nitrogens with zero attached hydrogens (tertiary/aromatic N) is 3. The van der Waals surface area contributed by atoms with Crippen LogP contribution in [0.2, 0.25) is 0 Å². The first-order valence-electron chi connectivity index (χ1n) is 6.29. The second-order valence-corrected chi connectivity index (χ2v) is 5.30. The Labute approximate surface area is 125 Å². The quantitative estimate of drug-likeness (QED) is 0.796. The summed E-state index contributed by atoms with van der Waals surface area (Å²) >= 11 is 3.56. The molecule has 4 nitrogen and oxygen atoms in total. The fourth-order valence-corrected chi connectivity index (χ4v) is 2.59. The molecule has 0 radical (unpaired) electrons. The molecule has 0 saturated carbocycles. The number of benzene rings is 1. The molecule has 2 aromatic heterocycles. The standard InChI is InChI=1S/C15H13BrN4/c1-10-17-7-5-11(20-10)9-19-15-13-3-2-4-14(16)12(13)6-8-18-15/h2-8H,9H2,1H3,(H,18,19). The molecule has 0 aliphatic heterocycles. The molecule has 0 spiro atoms. The van der Waals surface area contributed by atoms with Crippen LogP contribution in [0.25, 0.3) is 10.8 Å². The van der Waals surface area contributed by atoms with Crippen molar-refractivity contribution < 1.29 is 0 Å². The monoisotopic (exact) mass is 328 g/mol. The molecule has 20 heavy (non-hydrogen) atoms. The summed E-state index contributed by atoms with van der Waals surface area (Å²) in [6, 6.07) is 10.00. The highest BCUT2D eigenvalue weighted by molar-refractivity contribution is 9.10. The van der Waals surface area contributed by atoms with E-state index in [1.807, 2.05) is 31.2 Å². The number of aromatic nitrogens is 3. The van der Waals surface area contributed by atoms with Crippen LogP contribution in [0.1, 0.15) is 11.5 Å². The molecule has 1 N–H and O–H groups in total. The van der Waals surface area contributed by atoms with Crippen LogP contribution in [0.4, 0.5) is 5.82 Å². The first kappa shape index (κ1) is 13.0. The lowest BCUT2D eigenvalue weighted by Crippen LogP contribution is -2.04. The van der Waals surface area contributed by atoms with Crippen molar-refractivity contribution in [1.29, 1.82) is 0 Å². The molecule has 0 bridgehead atoms. The van der Waals surface area contributed by atoms with Gasteiger partial charge in [-0.1, -0.05) is 28.1 Å². The number of pyridine rings is 1. The summed E-state index contributed by atoms with van der Waals surface area (Å²) in [4.78, 5) is 12.9. The Bertz CT molecular complexity index is 758. The maximum Gasteiger partial charge on any atom is 0.134 e. The molecular formula is C15H13BrN4. The zero-order chi connectivity index (χ0) is 13.9. The van der Waals surface area contributed by atoms with Gasteiger partial charge in [-0.15, -0.1) is 0 Å². The number of hydrogen-bond acceptors (Lipinski definition) is 4. The fraction of sp³-hybridized carbons (Fsp3) is 0.133. The lowest BCUT2D eigenvalue weighted by Gasteiger charge is -2.09. The summed E-state index contributed by atoms with van der Waals surface area (Å²) in [6.45, 7) is 2.51. The topological polar surface area (TPSA) is 50.7 Å². The molecule has 0 aliphatic carbocycles. The van der Waals surface area contributed by atoms with Crippen molar-refractivity contribution >= 4 is 32.5 Å². The van der Waals surface area contributed by atoms with E-state index in [-0.39, 0.29) is 0 Å². The average molecular weight is 329 g/mol. The van der Waals surface area contributed by atoms with Crippen molar-refractivity contribution in [2.24, 2.45) is 0 Å². The molecule has 1 aromatic carbocycles. The second kappa shape index (κ2) is 5.54. The zero-order valence-electron chi connectivity index (χ0n) is 11.0. The van der Waals surface area contributed by atoms with E-state index in [2.05, 4.69) is 42.3 Å². The predicted octanol–water partition coefficient (Wildman–Crippen LogP) is 3.71. The lowest BCUT2D eigenvalue weighted by molar-refractivity contribution is 0.951. The molecule has 0 fully saturated rings. The van der Waals surface area contributed by atoms with Crippen LogP contribution in [-0.4, -0.2) is 15.0 Å². The fourth-order valence-electron chi connectivity index (χ4n) is 2.09. The van der Waals surface area contributed by atoms with Crippen LogP contribution in [0.5, 0.6) is 0 Å². The normalized spacial score (nSPS) is 10.7. The average Bonchev–Trinajstić information content (AvgIpc) is 2.46. The molecule has 0 amide bonds. The second-order valence-electron chi connectivity index (χ2n) is 4.44. The van der Waals surface area contributed by atoms with Gasteiger partial charge >= 0.3 is 0 Å². The summed E-state index contributed by atoms with van der Waals surface area (Å²) in [5.74, 6) is 1.64. The molecule has 3 rings (SSSR count). The number of rotatable bonds is 3. The van der Waals surface area contributed by atoms with E-state index in [1.54, 1.807) is 12.4 Å². The van der Waals surface area contributed by atoms with Crippen molar-refractivity contribution in [3.05, 3.63) is 58.7 Å². The van der Waals surface area contributed by atoms with Crippen molar-refractivity contribution in [3.63, 3.8) is 0 Å². The van der Waals surface area contributed by atoms with Crippen molar-refractivity contribution in [3.8, 4) is 0 Å². The summed E-state index contributed by atoms with van der Waals surface area (Å²) in [5.41, 5.74) is 0.950. The molecule has 2 heterocycles. The summed E-state index contributed by atoms with van der Waals surface area (Å²) in [5, 5.41) is 5.57. The Kier molecular flexibility index (Phi) is 3.60. The molecule has 5 heteroatoms. The van der Waals surface area contributed by atoms with Crippen LogP contribution in [-0.2, 0) is 6.54 Å². The van der Waals surface area contributed by atoms with Gasteiger partial charge in [0.15, 0.2) is 0 Å². The van der Waals surface area contributed by atoms with E-state index in [1.165, 1.54) is 0 Å². The molecule has 100 valence electrons. The summed E-state index contributed by atoms with van der Waals surface area (Å²) in [7, 11) is 0. The lowest BCUT2D eigenvalue weighted by atomic mass is 10.1. The minimum Gasteiger partial charge on any atom is -0.364 e. The highest BCUT2D eigenvalue weighted by Gasteiger charge is 2.05.